The standard InChI is InChI=1S/C22H29N3O3/c1-3-4-14-28-19-10-9-17(15-20(19)27-2)16-24-22(26)18-8-7-11-23-21(18)25-12-5-6-13-25/h7-11,15H,3-6,12-14,16H2,1-2H3,(H,24,26). The Morgan fingerprint density at radius 1 is 1.21 bits per heavy atom. The van der Waals surface area contributed by atoms with E-state index in [1.165, 1.54) is 0 Å². The number of hydrogen-bond acceptors (Lipinski definition) is 5. The Balaban J connectivity index is 1.65. The monoisotopic (exact) mass is 383 g/mol. The van der Waals surface area contributed by atoms with Gasteiger partial charge in [0.25, 0.3) is 5.91 Å². The predicted octanol–water partition coefficient (Wildman–Crippen LogP) is 3.80. The molecule has 1 aliphatic heterocycles. The number of anilines is 1. The fourth-order valence-electron chi connectivity index (χ4n) is 3.30. The van der Waals surface area contributed by atoms with Crippen LogP contribution in [0, 0.1) is 0 Å². The van der Waals surface area contributed by atoms with Crippen LogP contribution in [0.4, 0.5) is 5.82 Å². The zero-order valence-electron chi connectivity index (χ0n) is 16.7. The smallest absolute Gasteiger partial charge is 0.255 e. The van der Waals surface area contributed by atoms with Crippen molar-refractivity contribution in [1.82, 2.24) is 10.3 Å². The van der Waals surface area contributed by atoms with Crippen molar-refractivity contribution in [1.29, 1.82) is 0 Å². The first-order valence-electron chi connectivity index (χ1n) is 10.0. The number of aromatic nitrogens is 1. The third kappa shape index (κ3) is 4.94. The van der Waals surface area contributed by atoms with Gasteiger partial charge in [-0.1, -0.05) is 19.4 Å². The quantitative estimate of drug-likeness (QED) is 0.667. The molecule has 1 aromatic carbocycles. The Kier molecular flexibility index (Phi) is 7.12. The van der Waals surface area contributed by atoms with Gasteiger partial charge in [0, 0.05) is 25.8 Å². The molecule has 2 heterocycles. The normalized spacial score (nSPS) is 13.4. The number of benzene rings is 1. The van der Waals surface area contributed by atoms with Gasteiger partial charge in [-0.3, -0.25) is 4.79 Å². The van der Waals surface area contributed by atoms with Gasteiger partial charge < -0.3 is 19.7 Å². The van der Waals surface area contributed by atoms with E-state index in [-0.39, 0.29) is 5.91 Å². The number of carbonyl (C=O) groups is 1. The Bertz CT molecular complexity index is 788. The molecule has 0 bridgehead atoms. The van der Waals surface area contributed by atoms with Crippen LogP contribution in [0.5, 0.6) is 11.5 Å². The molecule has 6 nitrogen and oxygen atoms in total. The molecule has 1 saturated heterocycles. The Morgan fingerprint density at radius 2 is 2.04 bits per heavy atom. The van der Waals surface area contributed by atoms with Crippen LogP contribution >= 0.6 is 0 Å². The van der Waals surface area contributed by atoms with E-state index in [4.69, 9.17) is 9.47 Å². The van der Waals surface area contributed by atoms with Crippen LogP contribution in [0.25, 0.3) is 0 Å². The van der Waals surface area contributed by atoms with Crippen molar-refractivity contribution in [2.75, 3.05) is 31.7 Å². The first kappa shape index (κ1) is 20.0. The molecule has 0 saturated carbocycles. The molecule has 28 heavy (non-hydrogen) atoms. The summed E-state index contributed by atoms with van der Waals surface area (Å²) in [4.78, 5) is 19.4. The summed E-state index contributed by atoms with van der Waals surface area (Å²) in [5, 5.41) is 3.00. The maximum Gasteiger partial charge on any atom is 0.255 e. The number of carbonyl (C=O) groups excluding carboxylic acids is 1. The zero-order valence-corrected chi connectivity index (χ0v) is 16.7. The fourth-order valence-corrected chi connectivity index (χ4v) is 3.30. The molecule has 0 spiro atoms. The molecule has 1 fully saturated rings. The summed E-state index contributed by atoms with van der Waals surface area (Å²) < 4.78 is 11.2. The Hall–Kier alpha value is -2.76. The van der Waals surface area contributed by atoms with Crippen molar-refractivity contribution < 1.29 is 14.3 Å². The molecule has 0 unspecified atom stereocenters. The number of methoxy groups -OCH3 is 1. The van der Waals surface area contributed by atoms with Crippen LogP contribution in [0.15, 0.2) is 36.5 Å². The average Bonchev–Trinajstić information content (AvgIpc) is 3.27. The minimum atomic E-state index is -0.114. The lowest BCUT2D eigenvalue weighted by atomic mass is 10.1. The molecule has 2 aromatic rings. The minimum absolute atomic E-state index is 0.114. The largest absolute Gasteiger partial charge is 0.493 e. The summed E-state index contributed by atoms with van der Waals surface area (Å²) in [5.41, 5.74) is 1.58. The maximum atomic E-state index is 12.8. The molecule has 1 aromatic heterocycles. The van der Waals surface area contributed by atoms with Crippen molar-refractivity contribution in [3.63, 3.8) is 0 Å². The van der Waals surface area contributed by atoms with E-state index < -0.39 is 0 Å². The average molecular weight is 383 g/mol. The number of unbranched alkanes of at least 4 members (excludes halogenated alkanes) is 1. The second-order valence-electron chi connectivity index (χ2n) is 6.94. The number of rotatable bonds is 9. The molecule has 6 heteroatoms. The number of nitrogens with one attached hydrogen (secondary N) is 1. The van der Waals surface area contributed by atoms with Crippen molar-refractivity contribution in [3.8, 4) is 11.5 Å². The fraction of sp³-hybridized carbons (Fsp3) is 0.455. The summed E-state index contributed by atoms with van der Waals surface area (Å²) in [6.45, 7) is 5.12. The van der Waals surface area contributed by atoms with Crippen LogP contribution in [0.2, 0.25) is 0 Å². The molecule has 1 aliphatic rings. The second-order valence-corrected chi connectivity index (χ2v) is 6.94. The molecule has 150 valence electrons. The molecular formula is C22H29N3O3. The van der Waals surface area contributed by atoms with Gasteiger partial charge in [-0.05, 0) is 49.1 Å². The third-order valence-electron chi connectivity index (χ3n) is 4.87. The minimum Gasteiger partial charge on any atom is -0.493 e. The molecule has 0 aliphatic carbocycles. The number of ether oxygens (including phenoxy) is 2. The highest BCUT2D eigenvalue weighted by Crippen LogP contribution is 2.28. The van der Waals surface area contributed by atoms with E-state index in [0.29, 0.717) is 24.5 Å². The van der Waals surface area contributed by atoms with Gasteiger partial charge in [-0.15, -0.1) is 0 Å². The summed E-state index contributed by atoms with van der Waals surface area (Å²) in [6, 6.07) is 9.40. The maximum absolute atomic E-state index is 12.8. The first-order chi connectivity index (χ1) is 13.7. The summed E-state index contributed by atoms with van der Waals surface area (Å²) in [5.74, 6) is 2.07. The van der Waals surface area contributed by atoms with Crippen LogP contribution in [-0.4, -0.2) is 37.7 Å². The zero-order chi connectivity index (χ0) is 19.8. The first-order valence-corrected chi connectivity index (χ1v) is 10.0. The molecule has 0 atom stereocenters. The van der Waals surface area contributed by atoms with Gasteiger partial charge in [0.05, 0.1) is 19.3 Å². The van der Waals surface area contributed by atoms with Gasteiger partial charge in [-0.25, -0.2) is 4.98 Å². The topological polar surface area (TPSA) is 63.7 Å². The lowest BCUT2D eigenvalue weighted by molar-refractivity contribution is 0.0951. The van der Waals surface area contributed by atoms with Gasteiger partial charge >= 0.3 is 0 Å². The highest BCUT2D eigenvalue weighted by atomic mass is 16.5. The van der Waals surface area contributed by atoms with Gasteiger partial charge in [0.15, 0.2) is 11.5 Å². The number of hydrogen-bond donors (Lipinski definition) is 1. The van der Waals surface area contributed by atoms with Crippen LogP contribution in [0.3, 0.4) is 0 Å². The Morgan fingerprint density at radius 3 is 2.79 bits per heavy atom. The number of pyridine rings is 1. The molecule has 1 N–H and O–H groups in total. The van der Waals surface area contributed by atoms with E-state index in [1.807, 2.05) is 24.3 Å². The van der Waals surface area contributed by atoms with Gasteiger partial charge in [0.1, 0.15) is 5.82 Å². The van der Waals surface area contributed by atoms with Crippen molar-refractivity contribution in [2.24, 2.45) is 0 Å². The SMILES string of the molecule is CCCCOc1ccc(CNC(=O)c2cccnc2N2CCCC2)cc1OC. The molecular weight excluding hydrogens is 354 g/mol. The molecule has 0 radical (unpaired) electrons. The lowest BCUT2D eigenvalue weighted by Gasteiger charge is -2.19. The van der Waals surface area contributed by atoms with Crippen molar-refractivity contribution in [2.45, 2.75) is 39.2 Å². The van der Waals surface area contributed by atoms with Crippen LogP contribution < -0.4 is 19.7 Å². The molecule has 3 rings (SSSR count). The molecule has 1 amide bonds. The Labute approximate surface area is 166 Å². The van der Waals surface area contributed by atoms with E-state index in [2.05, 4.69) is 22.1 Å². The lowest BCUT2D eigenvalue weighted by Crippen LogP contribution is -2.28. The highest BCUT2D eigenvalue weighted by molar-refractivity contribution is 5.98. The third-order valence-corrected chi connectivity index (χ3v) is 4.87. The summed E-state index contributed by atoms with van der Waals surface area (Å²) >= 11 is 0. The van der Waals surface area contributed by atoms with Gasteiger partial charge in [-0.2, -0.15) is 0 Å². The van der Waals surface area contributed by atoms with Crippen molar-refractivity contribution >= 4 is 11.7 Å². The second kappa shape index (κ2) is 9.97. The summed E-state index contributed by atoms with van der Waals surface area (Å²) in [6.07, 6.45) is 6.12. The number of nitrogens with zero attached hydrogens (tertiary/aromatic N) is 2. The predicted molar refractivity (Wildman–Crippen MR) is 110 cm³/mol. The highest BCUT2D eigenvalue weighted by Gasteiger charge is 2.20. The van der Waals surface area contributed by atoms with Crippen molar-refractivity contribution in [3.05, 3.63) is 47.7 Å². The van der Waals surface area contributed by atoms with E-state index in [0.717, 1.165) is 55.9 Å². The van der Waals surface area contributed by atoms with Gasteiger partial charge in [0.2, 0.25) is 0 Å². The van der Waals surface area contributed by atoms with E-state index >= 15 is 0 Å². The van der Waals surface area contributed by atoms with E-state index in [9.17, 15) is 4.79 Å². The van der Waals surface area contributed by atoms with E-state index in [1.54, 1.807) is 19.4 Å². The van der Waals surface area contributed by atoms with Crippen LogP contribution in [0.1, 0.15) is 48.5 Å². The van der Waals surface area contributed by atoms with Crippen LogP contribution in [-0.2, 0) is 6.54 Å². The number of amides is 1. The summed E-state index contributed by atoms with van der Waals surface area (Å²) in [7, 11) is 1.63.